The molecule has 0 unspecified atom stereocenters. The number of hydrogen-bond acceptors (Lipinski definition) is 9. The molecular formula is C21H20N7O5S2+. The summed E-state index contributed by atoms with van der Waals surface area (Å²) in [4.78, 5) is 48.0. The van der Waals surface area contributed by atoms with Crippen LogP contribution in [0.1, 0.15) is 5.69 Å². The van der Waals surface area contributed by atoms with Gasteiger partial charge in [-0.05, 0) is 12.1 Å². The van der Waals surface area contributed by atoms with E-state index in [4.69, 9.17) is 10.6 Å². The van der Waals surface area contributed by atoms with Crippen LogP contribution < -0.4 is 15.6 Å². The molecule has 0 saturated carbocycles. The lowest BCUT2D eigenvalue weighted by molar-refractivity contribution is -0.687. The highest BCUT2D eigenvalue weighted by atomic mass is 32.2. The average molecular weight is 515 g/mol. The van der Waals surface area contributed by atoms with Crippen molar-refractivity contribution < 1.29 is 28.9 Å². The van der Waals surface area contributed by atoms with Gasteiger partial charge >= 0.3 is 5.97 Å². The van der Waals surface area contributed by atoms with Crippen LogP contribution in [0.15, 0.2) is 58.7 Å². The van der Waals surface area contributed by atoms with Crippen LogP contribution in [-0.4, -0.2) is 67.2 Å². The largest absolute Gasteiger partial charge is 0.477 e. The van der Waals surface area contributed by atoms with Crippen LogP contribution in [0.4, 0.5) is 5.13 Å². The van der Waals surface area contributed by atoms with E-state index in [1.54, 1.807) is 5.38 Å². The van der Waals surface area contributed by atoms with Crippen LogP contribution in [0, 0.1) is 0 Å². The second-order valence-electron chi connectivity index (χ2n) is 7.76. The monoisotopic (exact) mass is 514 g/mol. The van der Waals surface area contributed by atoms with Gasteiger partial charge in [0.05, 0.1) is 6.20 Å². The van der Waals surface area contributed by atoms with Gasteiger partial charge in [-0.2, -0.15) is 0 Å². The third-order valence-corrected chi connectivity index (χ3v) is 7.58. The number of thioether (sulfide) groups is 1. The summed E-state index contributed by atoms with van der Waals surface area (Å²) in [5.41, 5.74) is 7.26. The maximum Gasteiger partial charge on any atom is 0.352 e. The number of nitrogens with one attached hydrogen (secondary N) is 1. The van der Waals surface area contributed by atoms with E-state index in [0.29, 0.717) is 17.9 Å². The van der Waals surface area contributed by atoms with Crippen molar-refractivity contribution >= 4 is 57.2 Å². The Morgan fingerprint density at radius 3 is 2.94 bits per heavy atom. The molecule has 0 bridgehead atoms. The number of thiazole rings is 1. The van der Waals surface area contributed by atoms with Crippen molar-refractivity contribution in [3.63, 3.8) is 0 Å². The second kappa shape index (κ2) is 9.03. The molecule has 2 aliphatic rings. The quantitative estimate of drug-likeness (QED) is 0.173. The number of anilines is 1. The minimum atomic E-state index is -1.19. The van der Waals surface area contributed by atoms with Crippen molar-refractivity contribution in [3.8, 4) is 0 Å². The molecule has 3 aromatic rings. The molecule has 14 heteroatoms. The number of hydrogen-bond donors (Lipinski definition) is 3. The number of carboxylic acid groups (broad SMARTS) is 1. The Hall–Kier alpha value is -3.91. The third-order valence-electron chi connectivity index (χ3n) is 5.57. The van der Waals surface area contributed by atoms with Crippen LogP contribution in [-0.2, 0) is 25.8 Å². The summed E-state index contributed by atoms with van der Waals surface area (Å²) in [5.74, 6) is -1.97. The summed E-state index contributed by atoms with van der Waals surface area (Å²) in [6, 6.07) is 4.86. The van der Waals surface area contributed by atoms with E-state index in [9.17, 15) is 19.5 Å². The van der Waals surface area contributed by atoms with Gasteiger partial charge in [0.2, 0.25) is 6.33 Å². The number of aliphatic carboxylic acids is 1. The molecule has 2 amide bonds. The zero-order valence-corrected chi connectivity index (χ0v) is 20.0. The first kappa shape index (κ1) is 22.9. The molecule has 1 fully saturated rings. The van der Waals surface area contributed by atoms with Crippen molar-refractivity contribution in [2.75, 3.05) is 18.6 Å². The number of amides is 2. The van der Waals surface area contributed by atoms with Gasteiger partial charge in [-0.3, -0.25) is 14.5 Å². The van der Waals surface area contributed by atoms with Crippen LogP contribution >= 0.6 is 23.1 Å². The Morgan fingerprint density at radius 1 is 1.43 bits per heavy atom. The fourth-order valence-electron chi connectivity index (χ4n) is 4.06. The first-order chi connectivity index (χ1) is 16.9. The molecule has 2 atom stereocenters. The van der Waals surface area contributed by atoms with Crippen LogP contribution in [0.25, 0.3) is 5.52 Å². The lowest BCUT2D eigenvalue weighted by atomic mass is 10.0. The number of β-lactam (4-membered cyclic amide) rings is 1. The predicted octanol–water partition coefficient (Wildman–Crippen LogP) is 0.0548. The van der Waals surface area contributed by atoms with E-state index < -0.39 is 29.2 Å². The number of oxime groups is 1. The Kier molecular flexibility index (Phi) is 5.90. The fourth-order valence-corrected chi connectivity index (χ4v) is 5.94. The summed E-state index contributed by atoms with van der Waals surface area (Å²) < 4.78 is 3.81. The van der Waals surface area contributed by atoms with Gasteiger partial charge in [-0.15, -0.1) is 23.1 Å². The third kappa shape index (κ3) is 4.10. The number of aromatic nitrogens is 3. The molecule has 0 aliphatic carbocycles. The van der Waals surface area contributed by atoms with E-state index >= 15 is 0 Å². The number of rotatable bonds is 7. The molecule has 12 nitrogen and oxygen atoms in total. The zero-order valence-electron chi connectivity index (χ0n) is 18.3. The number of nitrogens with two attached hydrogens (primary N) is 1. The highest BCUT2D eigenvalue weighted by Crippen LogP contribution is 2.40. The molecular weight excluding hydrogens is 494 g/mol. The van der Waals surface area contributed by atoms with E-state index in [1.807, 2.05) is 45.9 Å². The molecule has 180 valence electrons. The number of carboxylic acids is 1. The highest BCUT2D eigenvalue weighted by molar-refractivity contribution is 8.00. The van der Waals surface area contributed by atoms with Crippen LogP contribution in [0.5, 0.6) is 0 Å². The number of pyridine rings is 1. The van der Waals surface area contributed by atoms with Crippen molar-refractivity contribution in [1.29, 1.82) is 0 Å². The minimum absolute atomic E-state index is 0.0509. The Bertz CT molecular complexity index is 1380. The van der Waals surface area contributed by atoms with Gasteiger partial charge in [0.15, 0.2) is 16.4 Å². The predicted molar refractivity (Wildman–Crippen MR) is 127 cm³/mol. The highest BCUT2D eigenvalue weighted by Gasteiger charge is 2.54. The van der Waals surface area contributed by atoms with E-state index in [0.717, 1.165) is 16.9 Å². The van der Waals surface area contributed by atoms with Gasteiger partial charge in [-0.25, -0.2) is 18.7 Å². The van der Waals surface area contributed by atoms with Gasteiger partial charge in [0.25, 0.3) is 11.8 Å². The normalized spacial score (nSPS) is 20.0. The first-order valence-corrected chi connectivity index (χ1v) is 12.3. The first-order valence-electron chi connectivity index (χ1n) is 10.4. The van der Waals surface area contributed by atoms with Gasteiger partial charge < -0.3 is 21.0 Å². The zero-order chi connectivity index (χ0) is 24.7. The van der Waals surface area contributed by atoms with Gasteiger partial charge in [0.1, 0.15) is 42.7 Å². The van der Waals surface area contributed by atoms with Crippen LogP contribution in [0.2, 0.25) is 0 Å². The lowest BCUT2D eigenvalue weighted by Gasteiger charge is -2.49. The summed E-state index contributed by atoms with van der Waals surface area (Å²) in [6.45, 7) is 0.319. The van der Waals surface area contributed by atoms with Crippen molar-refractivity contribution in [3.05, 3.63) is 59.3 Å². The molecule has 0 aromatic carbocycles. The summed E-state index contributed by atoms with van der Waals surface area (Å²) >= 11 is 2.53. The number of nitrogens with zero attached hydrogens (tertiary/aromatic N) is 5. The molecule has 2 aliphatic heterocycles. The van der Waals surface area contributed by atoms with Crippen LogP contribution in [0.3, 0.4) is 0 Å². The maximum absolute atomic E-state index is 13.0. The second-order valence-corrected chi connectivity index (χ2v) is 9.76. The number of carbonyl (C=O) groups excluding carboxylic acids is 2. The minimum Gasteiger partial charge on any atom is -0.477 e. The smallest absolute Gasteiger partial charge is 0.352 e. The Morgan fingerprint density at radius 2 is 2.26 bits per heavy atom. The van der Waals surface area contributed by atoms with Crippen molar-refractivity contribution in [2.45, 2.75) is 18.0 Å². The molecule has 0 radical (unpaired) electrons. The maximum atomic E-state index is 13.0. The number of fused-ring (bicyclic) bond motifs is 2. The topological polar surface area (TPSA) is 156 Å². The van der Waals surface area contributed by atoms with E-state index in [-0.39, 0.29) is 22.2 Å². The van der Waals surface area contributed by atoms with Crippen molar-refractivity contribution in [2.24, 2.45) is 5.16 Å². The summed E-state index contributed by atoms with van der Waals surface area (Å²) in [7, 11) is 1.29. The Balaban J connectivity index is 1.36. The molecule has 35 heavy (non-hydrogen) atoms. The summed E-state index contributed by atoms with van der Waals surface area (Å²) in [5, 5.41) is 17.5. The lowest BCUT2D eigenvalue weighted by Crippen LogP contribution is -2.71. The molecule has 0 spiro atoms. The number of nitrogen functional groups attached to an aromatic ring is 1. The molecule has 4 N–H and O–H groups in total. The molecule has 3 aromatic heterocycles. The molecule has 5 heterocycles. The van der Waals surface area contributed by atoms with Gasteiger partial charge in [-0.1, -0.05) is 11.2 Å². The van der Waals surface area contributed by atoms with Crippen molar-refractivity contribution in [1.82, 2.24) is 19.6 Å². The number of carbonyl (C=O) groups is 3. The Labute approximate surface area is 206 Å². The SMILES string of the molecule is CON=C(C(=O)N[C@@H]1C(=O)N2C(C(=O)O)=C(C[n+]3cc4ccccn4c3)CS[C@@H]12)c1csc(N)n1. The van der Waals surface area contributed by atoms with E-state index in [2.05, 4.69) is 15.5 Å². The standard InChI is InChI=1S/C21H19N7O5S2/c1-33-25-14(13-9-35-21(22)23-13)17(29)24-15-18(30)28-16(20(31)32)11(8-34-19(15)28)6-26-7-12-4-2-3-5-27(12)10-26/h2-5,7,9-10,15,19H,6,8H2,1H3,(H3-,22,23,24,29,31,32)/p+1/t15-,19+/m1/s1. The van der Waals surface area contributed by atoms with E-state index in [1.165, 1.54) is 23.8 Å². The van der Waals surface area contributed by atoms with Gasteiger partial charge in [0, 0.05) is 16.7 Å². The summed E-state index contributed by atoms with van der Waals surface area (Å²) in [6.07, 6.45) is 5.67. The fraction of sp³-hybridized carbons (Fsp3) is 0.238. The molecule has 1 saturated heterocycles. The number of imidazole rings is 1. The average Bonchev–Trinajstić information content (AvgIpc) is 3.45. The molecule has 5 rings (SSSR count).